The molecule has 5 heteroatoms. The number of hydrogen-bond donors (Lipinski definition) is 0. The predicted octanol–water partition coefficient (Wildman–Crippen LogP) is 6.08. The minimum atomic E-state index is -0.248. The topological polar surface area (TPSA) is 47.3 Å². The third kappa shape index (κ3) is 3.27. The Morgan fingerprint density at radius 3 is 2.32 bits per heavy atom. The normalized spacial score (nSPS) is 15.5. The Hall–Kier alpha value is -3.88. The summed E-state index contributed by atoms with van der Waals surface area (Å²) in [7, 11) is 2.03. The van der Waals surface area contributed by atoms with Gasteiger partial charge in [0.25, 0.3) is 5.91 Å². The number of fused-ring (bicyclic) bond motifs is 1. The number of nitriles is 1. The molecule has 1 unspecified atom stereocenters. The van der Waals surface area contributed by atoms with Crippen LogP contribution in [0.2, 0.25) is 0 Å². The molecule has 5 rings (SSSR count). The van der Waals surface area contributed by atoms with Crippen LogP contribution in [0.1, 0.15) is 27.0 Å². The maximum atomic E-state index is 13.6. The molecule has 0 fully saturated rings. The summed E-state index contributed by atoms with van der Waals surface area (Å²) in [4.78, 5) is 19.8. The molecule has 0 radical (unpaired) electrons. The minimum absolute atomic E-state index is 0.00165. The molecule has 0 spiro atoms. The Labute approximate surface area is 185 Å². The van der Waals surface area contributed by atoms with E-state index in [-0.39, 0.29) is 12.1 Å². The van der Waals surface area contributed by atoms with Gasteiger partial charge >= 0.3 is 0 Å². The Morgan fingerprint density at radius 2 is 1.58 bits per heavy atom. The number of carbonyl (C=O) groups excluding carboxylic acids is 1. The third-order valence-corrected chi connectivity index (χ3v) is 6.73. The van der Waals surface area contributed by atoms with E-state index in [1.165, 1.54) is 0 Å². The van der Waals surface area contributed by atoms with Crippen molar-refractivity contribution >= 4 is 28.6 Å². The largest absolute Gasteiger partial charge is 0.349 e. The van der Waals surface area contributed by atoms with Crippen LogP contribution in [-0.4, -0.2) is 13.0 Å². The number of amides is 1. The van der Waals surface area contributed by atoms with Gasteiger partial charge in [-0.25, -0.2) is 0 Å². The number of carbonyl (C=O) groups is 1. The first-order chi connectivity index (χ1) is 15.2. The lowest BCUT2D eigenvalue weighted by Gasteiger charge is -2.43. The second-order valence-electron chi connectivity index (χ2n) is 7.40. The lowest BCUT2D eigenvalue weighted by Crippen LogP contribution is -2.47. The molecule has 31 heavy (non-hydrogen) atoms. The fraction of sp³-hybridized carbons (Fsp3) is 0.0769. The Balaban J connectivity index is 1.61. The van der Waals surface area contributed by atoms with E-state index in [1.807, 2.05) is 90.8 Å². The number of benzene rings is 3. The van der Waals surface area contributed by atoms with Gasteiger partial charge in [0.1, 0.15) is 6.17 Å². The van der Waals surface area contributed by atoms with Crippen molar-refractivity contribution < 1.29 is 4.79 Å². The zero-order valence-corrected chi connectivity index (χ0v) is 17.7. The zero-order chi connectivity index (χ0) is 21.4. The smallest absolute Gasteiger partial charge is 0.262 e. The molecule has 150 valence electrons. The Bertz CT molecular complexity index is 1290. The molecule has 1 aromatic heterocycles. The Kier molecular flexibility index (Phi) is 4.78. The van der Waals surface area contributed by atoms with E-state index in [2.05, 4.69) is 23.1 Å². The van der Waals surface area contributed by atoms with Gasteiger partial charge in [-0.15, -0.1) is 11.3 Å². The highest BCUT2D eigenvalue weighted by Crippen LogP contribution is 2.43. The van der Waals surface area contributed by atoms with Gasteiger partial charge in [0.05, 0.1) is 22.9 Å². The highest BCUT2D eigenvalue weighted by molar-refractivity contribution is 7.15. The zero-order valence-electron chi connectivity index (χ0n) is 16.9. The summed E-state index contributed by atoms with van der Waals surface area (Å²) in [6.07, 6.45) is -0.248. The van der Waals surface area contributed by atoms with E-state index in [0.717, 1.165) is 26.7 Å². The molecule has 0 aliphatic carbocycles. The summed E-state index contributed by atoms with van der Waals surface area (Å²) in [6.45, 7) is 0. The van der Waals surface area contributed by atoms with Crippen molar-refractivity contribution in [2.24, 2.45) is 0 Å². The number of hydrogen-bond acceptors (Lipinski definition) is 4. The van der Waals surface area contributed by atoms with Crippen molar-refractivity contribution in [3.63, 3.8) is 0 Å². The summed E-state index contributed by atoms with van der Waals surface area (Å²) in [5.41, 5.74) is 4.20. The Morgan fingerprint density at radius 1 is 0.871 bits per heavy atom. The molecule has 2 heterocycles. The molecular formula is C26H19N3OS. The molecule has 0 saturated carbocycles. The maximum absolute atomic E-state index is 13.6. The lowest BCUT2D eigenvalue weighted by molar-refractivity contribution is 0.0970. The first-order valence-corrected chi connectivity index (χ1v) is 10.8. The van der Waals surface area contributed by atoms with Crippen LogP contribution in [0, 0.1) is 11.3 Å². The lowest BCUT2D eigenvalue weighted by atomic mass is 10.0. The fourth-order valence-electron chi connectivity index (χ4n) is 4.03. The molecule has 1 amide bonds. The fourth-order valence-corrected chi connectivity index (χ4v) is 5.18. The summed E-state index contributed by atoms with van der Waals surface area (Å²) in [5, 5.41) is 9.05. The molecular weight excluding hydrogens is 402 g/mol. The van der Waals surface area contributed by atoms with Gasteiger partial charge < -0.3 is 4.90 Å². The minimum Gasteiger partial charge on any atom is -0.349 e. The first kappa shape index (κ1) is 19.1. The molecule has 0 N–H and O–H groups in total. The average molecular weight is 422 g/mol. The second kappa shape index (κ2) is 7.75. The van der Waals surface area contributed by atoms with Gasteiger partial charge in [0, 0.05) is 22.5 Å². The highest BCUT2D eigenvalue weighted by atomic mass is 32.1. The van der Waals surface area contributed by atoms with E-state index < -0.39 is 0 Å². The maximum Gasteiger partial charge on any atom is 0.262 e. The molecule has 3 aromatic carbocycles. The van der Waals surface area contributed by atoms with Crippen molar-refractivity contribution in [2.75, 3.05) is 16.8 Å². The molecule has 4 aromatic rings. The summed E-state index contributed by atoms with van der Waals surface area (Å²) < 4.78 is 0. The summed E-state index contributed by atoms with van der Waals surface area (Å²) >= 11 is 1.67. The highest BCUT2D eigenvalue weighted by Gasteiger charge is 2.38. The van der Waals surface area contributed by atoms with Crippen LogP contribution in [0.5, 0.6) is 0 Å². The summed E-state index contributed by atoms with van der Waals surface area (Å²) in [6, 6.07) is 31.5. The van der Waals surface area contributed by atoms with E-state index in [9.17, 15) is 4.79 Å². The van der Waals surface area contributed by atoms with E-state index in [0.29, 0.717) is 11.1 Å². The van der Waals surface area contributed by atoms with Crippen molar-refractivity contribution in [3.8, 4) is 16.5 Å². The second-order valence-corrected chi connectivity index (χ2v) is 8.52. The van der Waals surface area contributed by atoms with Crippen LogP contribution in [0.3, 0.4) is 0 Å². The van der Waals surface area contributed by atoms with E-state index in [4.69, 9.17) is 5.26 Å². The SMILES string of the molecule is CN1c2ccccc2C(=O)N(c2ccccc2)C1c1ccc(-c2ccc(C#N)cc2)s1. The van der Waals surface area contributed by atoms with Gasteiger partial charge in [0.15, 0.2) is 0 Å². The molecule has 1 atom stereocenters. The van der Waals surface area contributed by atoms with Crippen LogP contribution in [-0.2, 0) is 0 Å². The number of rotatable bonds is 3. The van der Waals surface area contributed by atoms with Crippen molar-refractivity contribution in [1.82, 2.24) is 0 Å². The molecule has 0 bridgehead atoms. The number of para-hydroxylation sites is 2. The number of nitrogens with zero attached hydrogens (tertiary/aromatic N) is 3. The van der Waals surface area contributed by atoms with Crippen LogP contribution >= 0.6 is 11.3 Å². The molecule has 0 saturated heterocycles. The monoisotopic (exact) mass is 421 g/mol. The van der Waals surface area contributed by atoms with Crippen molar-refractivity contribution in [2.45, 2.75) is 6.17 Å². The quantitative estimate of drug-likeness (QED) is 0.403. The number of anilines is 2. The first-order valence-electron chi connectivity index (χ1n) is 9.98. The van der Waals surface area contributed by atoms with Crippen molar-refractivity contribution in [1.29, 1.82) is 5.26 Å². The van der Waals surface area contributed by atoms with Crippen molar-refractivity contribution in [3.05, 3.63) is 107 Å². The standard InChI is InChI=1S/C26H19N3OS/c1-28-22-10-6-5-9-21(22)26(30)29(20-7-3-2-4-8-20)25(28)24-16-15-23(31-24)19-13-11-18(17-27)12-14-19/h2-16,25H,1H3. The van der Waals surface area contributed by atoms with Crippen LogP contribution in [0.25, 0.3) is 10.4 Å². The molecule has 4 nitrogen and oxygen atoms in total. The predicted molar refractivity (Wildman–Crippen MR) is 125 cm³/mol. The third-order valence-electron chi connectivity index (χ3n) is 5.56. The van der Waals surface area contributed by atoms with Crippen LogP contribution in [0.4, 0.5) is 11.4 Å². The summed E-state index contributed by atoms with van der Waals surface area (Å²) in [5.74, 6) is -0.00165. The number of thiophene rings is 1. The van der Waals surface area contributed by atoms with Gasteiger partial charge in [-0.1, -0.05) is 42.5 Å². The average Bonchev–Trinajstić information content (AvgIpc) is 3.31. The van der Waals surface area contributed by atoms with E-state index >= 15 is 0 Å². The van der Waals surface area contributed by atoms with Gasteiger partial charge in [-0.2, -0.15) is 5.26 Å². The van der Waals surface area contributed by atoms with E-state index in [1.54, 1.807) is 11.3 Å². The molecule has 1 aliphatic heterocycles. The van der Waals surface area contributed by atoms with Gasteiger partial charge in [-0.3, -0.25) is 9.69 Å². The van der Waals surface area contributed by atoms with Gasteiger partial charge in [-0.05, 0) is 54.1 Å². The van der Waals surface area contributed by atoms with Crippen LogP contribution < -0.4 is 9.80 Å². The molecule has 1 aliphatic rings. The van der Waals surface area contributed by atoms with Gasteiger partial charge in [0.2, 0.25) is 0 Å². The van der Waals surface area contributed by atoms with Crippen LogP contribution in [0.15, 0.2) is 91.0 Å².